The lowest BCUT2D eigenvalue weighted by molar-refractivity contribution is 0.464. The van der Waals surface area contributed by atoms with Crippen molar-refractivity contribution in [1.29, 1.82) is 0 Å². The molecule has 0 radical (unpaired) electrons. The van der Waals surface area contributed by atoms with Gasteiger partial charge in [0, 0.05) is 39.6 Å². The third-order valence-electron chi connectivity index (χ3n) is 18.3. The van der Waals surface area contributed by atoms with Crippen LogP contribution in [-0.2, 0) is 10.8 Å². The number of benzene rings is 13. The van der Waals surface area contributed by atoms with Crippen molar-refractivity contribution >= 4 is 57.2 Å². The maximum Gasteiger partial charge on any atom is 0.260 e. The first-order valence-electron chi connectivity index (χ1n) is 29.3. The Labute approximate surface area is 495 Å². The molecule has 0 atom stereocenters. The third-order valence-corrected chi connectivity index (χ3v) is 18.3. The maximum absolute atomic E-state index is 7.28. The van der Waals surface area contributed by atoms with Crippen molar-refractivity contribution in [3.8, 4) is 45.3 Å². The minimum Gasteiger partial charge on any atom is -0.458 e. The normalized spacial score (nSPS) is 13.8. The van der Waals surface area contributed by atoms with E-state index in [2.05, 4.69) is 331 Å². The highest BCUT2D eigenvalue weighted by Crippen LogP contribution is 2.60. The van der Waals surface area contributed by atoms with Crippen molar-refractivity contribution in [2.24, 2.45) is 0 Å². The summed E-state index contributed by atoms with van der Waals surface area (Å²) in [5, 5.41) is 0. The van der Waals surface area contributed by atoms with Gasteiger partial charge in [-0.15, -0.1) is 0 Å². The van der Waals surface area contributed by atoms with E-state index in [0.717, 1.165) is 84.6 Å². The van der Waals surface area contributed by atoms with Crippen LogP contribution in [0.1, 0.15) is 44.5 Å². The Balaban J connectivity index is 0.916. The first kappa shape index (κ1) is 48.8. The van der Waals surface area contributed by atoms with Gasteiger partial charge in [-0.05, 0) is 175 Å². The summed E-state index contributed by atoms with van der Waals surface area (Å²) in [7, 11) is 0. The lowest BCUT2D eigenvalue weighted by atomic mass is 9.34. The van der Waals surface area contributed by atoms with E-state index in [1.165, 1.54) is 55.6 Å². The highest BCUT2D eigenvalue weighted by molar-refractivity contribution is 6.98. The van der Waals surface area contributed by atoms with Crippen LogP contribution in [0.25, 0.3) is 22.3 Å². The Morgan fingerprint density at radius 2 is 0.529 bits per heavy atom. The topological polar surface area (TPSA) is 24.9 Å². The van der Waals surface area contributed by atoms with Gasteiger partial charge in [0.05, 0.1) is 10.8 Å². The van der Waals surface area contributed by atoms with Crippen LogP contribution in [0.2, 0.25) is 0 Å². The summed E-state index contributed by atoms with van der Waals surface area (Å²) in [4.78, 5) is 4.75. The summed E-state index contributed by atoms with van der Waals surface area (Å²) >= 11 is 0. The molecule has 0 saturated carbocycles. The van der Waals surface area contributed by atoms with Crippen LogP contribution >= 0.6 is 0 Å². The molecule has 4 nitrogen and oxygen atoms in total. The van der Waals surface area contributed by atoms with Crippen molar-refractivity contribution in [2.45, 2.75) is 10.8 Å². The van der Waals surface area contributed by atoms with Crippen molar-refractivity contribution in [1.82, 2.24) is 0 Å². The fourth-order valence-electron chi connectivity index (χ4n) is 14.8. The molecule has 0 spiro atoms. The molecule has 2 aliphatic carbocycles. The Hall–Kier alpha value is -10.9. The minimum atomic E-state index is -0.731. The smallest absolute Gasteiger partial charge is 0.260 e. The predicted octanol–water partition coefficient (Wildman–Crippen LogP) is 18.1. The second-order valence-corrected chi connectivity index (χ2v) is 22.6. The average molecular weight is 1090 g/mol. The van der Waals surface area contributed by atoms with E-state index < -0.39 is 10.8 Å². The van der Waals surface area contributed by atoms with E-state index in [9.17, 15) is 0 Å². The van der Waals surface area contributed by atoms with E-state index in [1.54, 1.807) is 0 Å². The molecule has 0 aromatic heterocycles. The standard InChI is InChI=1S/C80H53BN2O2/c1-9-26-54(27-10-1)79(55-28-11-2-12-29-55)68-48-62(82(58-34-17-5-18-35-58)59-36-19-6-20-37-59)44-46-64(68)66-50-76-72(52-70(66)79)81-73-53-71-67(51-77(73)85-75-43-25-42-74(84-76)78(75)81)65-47-45-63(83(60-38-21-7-22-39-60)61-40-23-8-24-41-61)49-69(65)80(71,56-30-13-3-14-31-56)57-32-15-4-16-33-57/h1-53H. The molecule has 0 unspecified atom stereocenters. The van der Waals surface area contributed by atoms with Crippen LogP contribution in [0.4, 0.5) is 34.1 Å². The first-order valence-corrected chi connectivity index (χ1v) is 29.3. The molecule has 13 aromatic carbocycles. The maximum atomic E-state index is 7.28. The second-order valence-electron chi connectivity index (χ2n) is 22.6. The Kier molecular flexibility index (Phi) is 11.1. The van der Waals surface area contributed by atoms with Crippen LogP contribution < -0.4 is 35.7 Å². The van der Waals surface area contributed by atoms with Gasteiger partial charge in [0.2, 0.25) is 0 Å². The van der Waals surface area contributed by atoms with Gasteiger partial charge in [-0.2, -0.15) is 0 Å². The van der Waals surface area contributed by atoms with Gasteiger partial charge in [0.1, 0.15) is 23.0 Å². The van der Waals surface area contributed by atoms with Gasteiger partial charge in [-0.1, -0.05) is 224 Å². The van der Waals surface area contributed by atoms with Gasteiger partial charge < -0.3 is 19.3 Å². The lowest BCUT2D eigenvalue weighted by Gasteiger charge is -2.38. The summed E-state index contributed by atoms with van der Waals surface area (Å²) in [5.74, 6) is 3.30. The summed E-state index contributed by atoms with van der Waals surface area (Å²) in [6.45, 7) is -0.250. The fourth-order valence-corrected chi connectivity index (χ4v) is 14.8. The van der Waals surface area contributed by atoms with Crippen molar-refractivity contribution in [3.05, 3.63) is 366 Å². The zero-order valence-corrected chi connectivity index (χ0v) is 46.4. The SMILES string of the molecule is c1ccc(N(c2ccccc2)c2ccc3c(c2)C(c2ccccc2)(c2ccccc2)c2cc4c(cc2-3)Oc2cccc3c2B4c2cc4c(cc2O3)-c2ccc(N(c3ccccc3)c3ccccc3)cc2C4(c2ccccc2)c2ccccc2)cc1. The van der Waals surface area contributed by atoms with E-state index in [1.807, 2.05) is 0 Å². The van der Waals surface area contributed by atoms with Crippen LogP contribution in [0.3, 0.4) is 0 Å². The van der Waals surface area contributed by atoms with E-state index in [0.29, 0.717) is 0 Å². The highest BCUT2D eigenvalue weighted by atomic mass is 16.5. The second kappa shape index (κ2) is 19.4. The number of hydrogen-bond donors (Lipinski definition) is 0. The highest BCUT2D eigenvalue weighted by Gasteiger charge is 2.52. The monoisotopic (exact) mass is 1080 g/mol. The number of hydrogen-bond acceptors (Lipinski definition) is 4. The van der Waals surface area contributed by atoms with Crippen LogP contribution in [0, 0.1) is 0 Å². The average Bonchev–Trinajstić information content (AvgIpc) is 1.63. The van der Waals surface area contributed by atoms with Crippen LogP contribution in [-0.4, -0.2) is 6.71 Å². The molecular weight excluding hydrogens is 1030 g/mol. The number of anilines is 6. The summed E-state index contributed by atoms with van der Waals surface area (Å²) < 4.78 is 14.6. The van der Waals surface area contributed by atoms with E-state index >= 15 is 0 Å². The fraction of sp³-hybridized carbons (Fsp3) is 0.0250. The Morgan fingerprint density at radius 1 is 0.235 bits per heavy atom. The Bertz CT molecular complexity index is 4240. The number of ether oxygens (including phenoxy) is 2. The first-order chi connectivity index (χ1) is 42.2. The van der Waals surface area contributed by atoms with Crippen LogP contribution in [0.15, 0.2) is 322 Å². The van der Waals surface area contributed by atoms with Crippen LogP contribution in [0.5, 0.6) is 23.0 Å². The molecule has 0 N–H and O–H groups in total. The third kappa shape index (κ3) is 7.30. The number of rotatable bonds is 10. The summed E-state index contributed by atoms with van der Waals surface area (Å²) in [6, 6.07) is 118. The molecule has 0 saturated heterocycles. The minimum absolute atomic E-state index is 0.250. The molecular formula is C80H53BN2O2. The number of fused-ring (bicyclic) bond motifs is 10. The van der Waals surface area contributed by atoms with Crippen molar-refractivity contribution in [3.63, 3.8) is 0 Å². The van der Waals surface area contributed by atoms with E-state index in [4.69, 9.17) is 9.47 Å². The van der Waals surface area contributed by atoms with Gasteiger partial charge in [0.25, 0.3) is 6.71 Å². The molecule has 17 rings (SSSR count). The van der Waals surface area contributed by atoms with E-state index in [-0.39, 0.29) is 6.71 Å². The molecule has 0 bridgehead atoms. The molecule has 4 aliphatic rings. The molecule has 398 valence electrons. The van der Waals surface area contributed by atoms with Crippen molar-refractivity contribution < 1.29 is 9.47 Å². The number of nitrogens with zero attached hydrogens (tertiary/aromatic N) is 2. The molecule has 2 aliphatic heterocycles. The zero-order valence-electron chi connectivity index (χ0n) is 46.4. The molecule has 85 heavy (non-hydrogen) atoms. The molecule has 2 heterocycles. The molecule has 13 aromatic rings. The molecule has 5 heteroatoms. The Morgan fingerprint density at radius 3 is 0.847 bits per heavy atom. The van der Waals surface area contributed by atoms with Gasteiger partial charge in [0.15, 0.2) is 0 Å². The summed E-state index contributed by atoms with van der Waals surface area (Å²) in [6.07, 6.45) is 0. The molecule has 0 amide bonds. The van der Waals surface area contributed by atoms with Gasteiger partial charge in [-0.3, -0.25) is 0 Å². The summed E-state index contributed by atoms with van der Waals surface area (Å²) in [5.41, 5.74) is 22.6. The lowest BCUT2D eigenvalue weighted by Crippen LogP contribution is -2.58. The quantitative estimate of drug-likeness (QED) is 0.127. The molecule has 0 fully saturated rings. The van der Waals surface area contributed by atoms with Gasteiger partial charge >= 0.3 is 0 Å². The van der Waals surface area contributed by atoms with Gasteiger partial charge in [-0.25, -0.2) is 0 Å². The number of para-hydroxylation sites is 4. The largest absolute Gasteiger partial charge is 0.458 e. The predicted molar refractivity (Wildman–Crippen MR) is 348 cm³/mol. The zero-order chi connectivity index (χ0) is 56.1. The van der Waals surface area contributed by atoms with Crippen molar-refractivity contribution in [2.75, 3.05) is 9.80 Å².